The van der Waals surface area contributed by atoms with E-state index in [-0.39, 0.29) is 5.91 Å². The Labute approximate surface area is 109 Å². The summed E-state index contributed by atoms with van der Waals surface area (Å²) >= 11 is 0. The first-order chi connectivity index (χ1) is 8.77. The van der Waals surface area contributed by atoms with E-state index in [1.165, 1.54) is 25.7 Å². The molecule has 0 aromatic rings. The van der Waals surface area contributed by atoms with Crippen LogP contribution >= 0.6 is 0 Å². The van der Waals surface area contributed by atoms with Crippen molar-refractivity contribution in [2.45, 2.75) is 44.9 Å². The minimum Gasteiger partial charge on any atom is -0.381 e. The standard InChI is InChI=1S/C14H22N2O2/c15-11-14(6-9-18-10-7-14)13(17)16-8-5-12-3-1-2-4-12/h12H,1-10H2,(H,16,17). The highest BCUT2D eigenvalue weighted by atomic mass is 16.5. The van der Waals surface area contributed by atoms with Crippen molar-refractivity contribution in [3.05, 3.63) is 0 Å². The molecule has 0 aromatic heterocycles. The van der Waals surface area contributed by atoms with Gasteiger partial charge in [0.2, 0.25) is 5.91 Å². The normalized spacial score (nSPS) is 23.5. The second-order valence-electron chi connectivity index (χ2n) is 5.50. The van der Waals surface area contributed by atoms with E-state index >= 15 is 0 Å². The van der Waals surface area contributed by atoms with E-state index in [9.17, 15) is 10.1 Å². The van der Waals surface area contributed by atoms with Crippen LogP contribution in [0.3, 0.4) is 0 Å². The molecule has 18 heavy (non-hydrogen) atoms. The molecule has 1 N–H and O–H groups in total. The number of rotatable bonds is 4. The predicted octanol–water partition coefficient (Wildman–Crippen LogP) is 2.00. The van der Waals surface area contributed by atoms with Gasteiger partial charge in [0.05, 0.1) is 6.07 Å². The van der Waals surface area contributed by atoms with Gasteiger partial charge in [0, 0.05) is 19.8 Å². The summed E-state index contributed by atoms with van der Waals surface area (Å²) in [6.07, 6.45) is 7.37. The van der Waals surface area contributed by atoms with Gasteiger partial charge in [-0.1, -0.05) is 25.7 Å². The van der Waals surface area contributed by atoms with E-state index in [1.54, 1.807) is 0 Å². The fourth-order valence-electron chi connectivity index (χ4n) is 2.97. The lowest BCUT2D eigenvalue weighted by molar-refractivity contribution is -0.132. The lowest BCUT2D eigenvalue weighted by Crippen LogP contribution is -2.44. The van der Waals surface area contributed by atoms with Crippen molar-refractivity contribution < 1.29 is 9.53 Å². The molecule has 1 saturated heterocycles. The Kier molecular flexibility index (Phi) is 4.60. The Morgan fingerprint density at radius 2 is 2.00 bits per heavy atom. The van der Waals surface area contributed by atoms with Gasteiger partial charge in [-0.2, -0.15) is 5.26 Å². The van der Waals surface area contributed by atoms with Gasteiger partial charge in [-0.15, -0.1) is 0 Å². The summed E-state index contributed by atoms with van der Waals surface area (Å²) in [5, 5.41) is 12.2. The van der Waals surface area contributed by atoms with Crippen molar-refractivity contribution in [2.75, 3.05) is 19.8 Å². The number of carbonyl (C=O) groups excluding carboxylic acids is 1. The van der Waals surface area contributed by atoms with Gasteiger partial charge in [0.25, 0.3) is 0 Å². The summed E-state index contributed by atoms with van der Waals surface area (Å²) in [4.78, 5) is 12.1. The molecule has 0 spiro atoms. The lowest BCUT2D eigenvalue weighted by Gasteiger charge is -2.29. The molecule has 1 heterocycles. The fraction of sp³-hybridized carbons (Fsp3) is 0.857. The molecule has 1 saturated carbocycles. The van der Waals surface area contributed by atoms with Gasteiger partial charge >= 0.3 is 0 Å². The Morgan fingerprint density at radius 3 is 2.61 bits per heavy atom. The van der Waals surface area contributed by atoms with Crippen molar-refractivity contribution in [3.63, 3.8) is 0 Å². The third kappa shape index (κ3) is 3.02. The number of hydrogen-bond acceptors (Lipinski definition) is 3. The van der Waals surface area contributed by atoms with Gasteiger partial charge in [-0.3, -0.25) is 4.79 Å². The first kappa shape index (κ1) is 13.4. The topological polar surface area (TPSA) is 62.1 Å². The Hall–Kier alpha value is -1.08. The largest absolute Gasteiger partial charge is 0.381 e. The Morgan fingerprint density at radius 1 is 1.33 bits per heavy atom. The van der Waals surface area contributed by atoms with Crippen molar-refractivity contribution >= 4 is 5.91 Å². The molecule has 1 aliphatic heterocycles. The van der Waals surface area contributed by atoms with E-state index in [0.717, 1.165) is 12.3 Å². The number of hydrogen-bond donors (Lipinski definition) is 1. The molecule has 0 atom stereocenters. The van der Waals surface area contributed by atoms with Gasteiger partial charge < -0.3 is 10.1 Å². The zero-order chi connectivity index (χ0) is 12.8. The molecule has 2 rings (SSSR count). The van der Waals surface area contributed by atoms with Crippen LogP contribution in [-0.2, 0) is 9.53 Å². The molecule has 2 fully saturated rings. The van der Waals surface area contributed by atoms with Crippen LogP contribution in [0.4, 0.5) is 0 Å². The molecular formula is C14H22N2O2. The third-order valence-electron chi connectivity index (χ3n) is 4.31. The van der Waals surface area contributed by atoms with E-state index in [1.807, 2.05) is 0 Å². The fourth-order valence-corrected chi connectivity index (χ4v) is 2.97. The molecular weight excluding hydrogens is 228 g/mol. The van der Waals surface area contributed by atoms with E-state index in [2.05, 4.69) is 11.4 Å². The summed E-state index contributed by atoms with van der Waals surface area (Å²) in [5.74, 6) is 0.685. The van der Waals surface area contributed by atoms with Crippen LogP contribution in [0.2, 0.25) is 0 Å². The summed E-state index contributed by atoms with van der Waals surface area (Å²) in [5.41, 5.74) is -0.839. The second kappa shape index (κ2) is 6.19. The number of nitrogens with one attached hydrogen (secondary N) is 1. The first-order valence-corrected chi connectivity index (χ1v) is 7.04. The van der Waals surface area contributed by atoms with Crippen molar-refractivity contribution in [2.24, 2.45) is 11.3 Å². The van der Waals surface area contributed by atoms with Crippen LogP contribution in [0.15, 0.2) is 0 Å². The maximum Gasteiger partial charge on any atom is 0.240 e. The summed E-state index contributed by atoms with van der Waals surface area (Å²) in [6, 6.07) is 2.20. The van der Waals surface area contributed by atoms with Crippen LogP contribution in [-0.4, -0.2) is 25.7 Å². The summed E-state index contributed by atoms with van der Waals surface area (Å²) in [6.45, 7) is 1.75. The summed E-state index contributed by atoms with van der Waals surface area (Å²) < 4.78 is 5.23. The minimum atomic E-state index is -0.839. The van der Waals surface area contributed by atoms with Crippen LogP contribution in [0, 0.1) is 22.7 Å². The van der Waals surface area contributed by atoms with E-state index in [4.69, 9.17) is 4.74 Å². The Bertz CT molecular complexity index is 323. The maximum atomic E-state index is 12.1. The molecule has 0 aromatic carbocycles. The molecule has 0 unspecified atom stereocenters. The van der Waals surface area contributed by atoms with Crippen LogP contribution in [0.1, 0.15) is 44.9 Å². The molecule has 1 amide bonds. The molecule has 1 aliphatic carbocycles. The molecule has 0 bridgehead atoms. The average molecular weight is 250 g/mol. The number of carbonyl (C=O) groups is 1. The maximum absolute atomic E-state index is 12.1. The van der Waals surface area contributed by atoms with Gasteiger partial charge in [-0.05, 0) is 25.2 Å². The van der Waals surface area contributed by atoms with Gasteiger partial charge in [0.15, 0.2) is 0 Å². The summed E-state index contributed by atoms with van der Waals surface area (Å²) in [7, 11) is 0. The zero-order valence-electron chi connectivity index (χ0n) is 10.9. The van der Waals surface area contributed by atoms with E-state index in [0.29, 0.717) is 32.6 Å². The SMILES string of the molecule is N#CC1(C(=O)NCCC2CCCC2)CCOCC1. The van der Waals surface area contributed by atoms with Crippen LogP contribution in [0.25, 0.3) is 0 Å². The monoisotopic (exact) mass is 250 g/mol. The quantitative estimate of drug-likeness (QED) is 0.830. The van der Waals surface area contributed by atoms with Crippen LogP contribution in [0.5, 0.6) is 0 Å². The smallest absolute Gasteiger partial charge is 0.240 e. The highest BCUT2D eigenvalue weighted by Gasteiger charge is 2.40. The zero-order valence-corrected chi connectivity index (χ0v) is 10.9. The third-order valence-corrected chi connectivity index (χ3v) is 4.31. The highest BCUT2D eigenvalue weighted by molar-refractivity contribution is 5.85. The number of nitrogens with zero attached hydrogens (tertiary/aromatic N) is 1. The molecule has 2 aliphatic rings. The number of nitriles is 1. The minimum absolute atomic E-state index is 0.0914. The Balaban J connectivity index is 1.77. The average Bonchev–Trinajstić information content (AvgIpc) is 2.92. The highest BCUT2D eigenvalue weighted by Crippen LogP contribution is 2.30. The lowest BCUT2D eigenvalue weighted by atomic mass is 9.81. The molecule has 100 valence electrons. The second-order valence-corrected chi connectivity index (χ2v) is 5.50. The van der Waals surface area contributed by atoms with E-state index < -0.39 is 5.41 Å². The van der Waals surface area contributed by atoms with Crippen molar-refractivity contribution in [1.82, 2.24) is 5.32 Å². The molecule has 0 radical (unpaired) electrons. The number of ether oxygens (including phenoxy) is 1. The number of amides is 1. The van der Waals surface area contributed by atoms with Gasteiger partial charge in [0.1, 0.15) is 5.41 Å². The first-order valence-electron chi connectivity index (χ1n) is 7.04. The van der Waals surface area contributed by atoms with Gasteiger partial charge in [-0.25, -0.2) is 0 Å². The van der Waals surface area contributed by atoms with Crippen LogP contribution < -0.4 is 5.32 Å². The predicted molar refractivity (Wildman–Crippen MR) is 67.7 cm³/mol. The molecule has 4 heteroatoms. The van der Waals surface area contributed by atoms with Crippen molar-refractivity contribution in [1.29, 1.82) is 5.26 Å². The molecule has 4 nitrogen and oxygen atoms in total. The van der Waals surface area contributed by atoms with Crippen molar-refractivity contribution in [3.8, 4) is 6.07 Å².